The first-order valence-corrected chi connectivity index (χ1v) is 7.71. The summed E-state index contributed by atoms with van der Waals surface area (Å²) >= 11 is 0.973. The SMILES string of the molecule is O=C(C(CCc1ccccc1)Sc1ccccc1)C(F)(F)F. The van der Waals surface area contributed by atoms with Crippen molar-refractivity contribution in [1.29, 1.82) is 0 Å². The first-order chi connectivity index (χ1) is 10.5. The number of alkyl halides is 3. The van der Waals surface area contributed by atoms with Crippen molar-refractivity contribution in [1.82, 2.24) is 0 Å². The number of carbonyl (C=O) groups is 1. The van der Waals surface area contributed by atoms with Crippen LogP contribution in [0.25, 0.3) is 0 Å². The highest BCUT2D eigenvalue weighted by Gasteiger charge is 2.43. The molecule has 0 amide bonds. The Kier molecular flexibility index (Phi) is 5.66. The summed E-state index contributed by atoms with van der Waals surface area (Å²) in [5.41, 5.74) is 0.927. The first-order valence-electron chi connectivity index (χ1n) is 6.83. The Labute approximate surface area is 131 Å². The molecule has 2 rings (SSSR count). The van der Waals surface area contributed by atoms with Gasteiger partial charge in [0.15, 0.2) is 0 Å². The van der Waals surface area contributed by atoms with E-state index in [1.807, 2.05) is 30.3 Å². The van der Waals surface area contributed by atoms with Crippen LogP contribution in [0.2, 0.25) is 0 Å². The molecule has 0 saturated carbocycles. The van der Waals surface area contributed by atoms with Crippen LogP contribution in [0.4, 0.5) is 13.2 Å². The number of halogens is 3. The molecule has 0 heterocycles. The lowest BCUT2D eigenvalue weighted by molar-refractivity contribution is -0.170. The van der Waals surface area contributed by atoms with Crippen molar-refractivity contribution in [2.24, 2.45) is 0 Å². The molecule has 0 aliphatic heterocycles. The minimum absolute atomic E-state index is 0.155. The number of benzene rings is 2. The molecule has 2 aromatic rings. The number of hydrogen-bond donors (Lipinski definition) is 0. The number of carbonyl (C=O) groups excluding carboxylic acids is 1. The quantitative estimate of drug-likeness (QED) is 0.702. The molecule has 0 bridgehead atoms. The first kappa shape index (κ1) is 16.6. The van der Waals surface area contributed by atoms with Gasteiger partial charge < -0.3 is 0 Å². The van der Waals surface area contributed by atoms with E-state index in [9.17, 15) is 18.0 Å². The summed E-state index contributed by atoms with van der Waals surface area (Å²) < 4.78 is 38.3. The predicted octanol–water partition coefficient (Wildman–Crippen LogP) is 4.91. The summed E-state index contributed by atoms with van der Waals surface area (Å²) in [5.74, 6) is -1.67. The van der Waals surface area contributed by atoms with E-state index in [-0.39, 0.29) is 6.42 Å². The maximum Gasteiger partial charge on any atom is 0.451 e. The highest BCUT2D eigenvalue weighted by Crippen LogP contribution is 2.32. The Morgan fingerprint density at radius 1 is 0.955 bits per heavy atom. The minimum Gasteiger partial charge on any atom is -0.288 e. The van der Waals surface area contributed by atoms with Crippen molar-refractivity contribution in [3.63, 3.8) is 0 Å². The third-order valence-corrected chi connectivity index (χ3v) is 4.41. The lowest BCUT2D eigenvalue weighted by atomic mass is 10.1. The fourth-order valence-electron chi connectivity index (χ4n) is 2.03. The van der Waals surface area contributed by atoms with Crippen LogP contribution in [-0.2, 0) is 11.2 Å². The van der Waals surface area contributed by atoms with Gasteiger partial charge in [0.05, 0.1) is 5.25 Å². The smallest absolute Gasteiger partial charge is 0.288 e. The summed E-state index contributed by atoms with van der Waals surface area (Å²) in [7, 11) is 0. The number of rotatable bonds is 6. The third-order valence-electron chi connectivity index (χ3n) is 3.13. The largest absolute Gasteiger partial charge is 0.451 e. The molecular weight excluding hydrogens is 309 g/mol. The summed E-state index contributed by atoms with van der Waals surface area (Å²) in [6.07, 6.45) is -4.21. The molecule has 0 aromatic heterocycles. The fourth-order valence-corrected chi connectivity index (χ4v) is 3.15. The molecular formula is C17H15F3OS. The molecule has 1 atom stereocenters. The second kappa shape index (κ2) is 7.49. The Hall–Kier alpha value is -1.75. The Balaban J connectivity index is 2.09. The average molecular weight is 324 g/mol. The zero-order valence-electron chi connectivity index (χ0n) is 11.7. The summed E-state index contributed by atoms with van der Waals surface area (Å²) in [6.45, 7) is 0. The van der Waals surface area contributed by atoms with Crippen LogP contribution >= 0.6 is 11.8 Å². The summed E-state index contributed by atoms with van der Waals surface area (Å²) in [6, 6.07) is 17.9. The van der Waals surface area contributed by atoms with E-state index >= 15 is 0 Å². The molecule has 0 fully saturated rings. The molecule has 22 heavy (non-hydrogen) atoms. The van der Waals surface area contributed by atoms with Crippen molar-refractivity contribution in [3.8, 4) is 0 Å². The molecule has 2 aromatic carbocycles. The van der Waals surface area contributed by atoms with Crippen molar-refractivity contribution in [2.75, 3.05) is 0 Å². The zero-order valence-corrected chi connectivity index (χ0v) is 12.5. The number of hydrogen-bond acceptors (Lipinski definition) is 2. The maximum absolute atomic E-state index is 12.8. The van der Waals surface area contributed by atoms with E-state index < -0.39 is 17.2 Å². The van der Waals surface area contributed by atoms with Gasteiger partial charge in [0.25, 0.3) is 0 Å². The average Bonchev–Trinajstić information content (AvgIpc) is 2.52. The topological polar surface area (TPSA) is 17.1 Å². The molecule has 1 nitrogen and oxygen atoms in total. The van der Waals surface area contributed by atoms with Gasteiger partial charge in [0.2, 0.25) is 5.78 Å². The van der Waals surface area contributed by atoms with Crippen molar-refractivity contribution < 1.29 is 18.0 Å². The molecule has 0 aliphatic carbocycles. The number of thioether (sulfide) groups is 1. The molecule has 0 N–H and O–H groups in total. The van der Waals surface area contributed by atoms with Crippen molar-refractivity contribution >= 4 is 17.5 Å². The van der Waals surface area contributed by atoms with Crippen LogP contribution in [0.1, 0.15) is 12.0 Å². The van der Waals surface area contributed by atoms with Gasteiger partial charge in [-0.2, -0.15) is 13.2 Å². The third kappa shape index (κ3) is 4.91. The summed E-state index contributed by atoms with van der Waals surface area (Å²) in [5, 5.41) is -1.12. The number of Topliss-reactive ketones (excluding diaryl/α,β-unsaturated/α-hetero) is 1. The van der Waals surface area contributed by atoms with E-state index in [1.54, 1.807) is 30.3 Å². The van der Waals surface area contributed by atoms with Gasteiger partial charge in [0.1, 0.15) is 0 Å². The van der Waals surface area contributed by atoms with Gasteiger partial charge in [-0.3, -0.25) is 4.79 Å². The molecule has 116 valence electrons. The monoisotopic (exact) mass is 324 g/mol. The van der Waals surface area contributed by atoms with Gasteiger partial charge in [-0.25, -0.2) is 0 Å². The van der Waals surface area contributed by atoms with Crippen molar-refractivity contribution in [3.05, 3.63) is 66.2 Å². The predicted molar refractivity (Wildman–Crippen MR) is 81.9 cm³/mol. The van der Waals surface area contributed by atoms with Crippen LogP contribution in [0.15, 0.2) is 65.6 Å². The minimum atomic E-state index is -4.80. The Morgan fingerprint density at radius 3 is 2.05 bits per heavy atom. The van der Waals surface area contributed by atoms with Gasteiger partial charge >= 0.3 is 6.18 Å². The van der Waals surface area contributed by atoms with E-state index in [2.05, 4.69) is 0 Å². The maximum atomic E-state index is 12.8. The Bertz CT molecular complexity index is 596. The van der Waals surface area contributed by atoms with E-state index in [0.29, 0.717) is 11.3 Å². The van der Waals surface area contributed by atoms with Gasteiger partial charge in [-0.1, -0.05) is 48.5 Å². The second-order valence-electron chi connectivity index (χ2n) is 4.81. The van der Waals surface area contributed by atoms with Crippen molar-refractivity contribution in [2.45, 2.75) is 29.2 Å². The highest BCUT2D eigenvalue weighted by atomic mass is 32.2. The van der Waals surface area contributed by atoms with Crippen LogP contribution in [0.5, 0.6) is 0 Å². The molecule has 1 unspecified atom stereocenters. The number of ketones is 1. The lowest BCUT2D eigenvalue weighted by Gasteiger charge is -2.17. The van der Waals surface area contributed by atoms with E-state index in [1.165, 1.54) is 0 Å². The van der Waals surface area contributed by atoms with Gasteiger partial charge in [0, 0.05) is 4.90 Å². The standard InChI is InChI=1S/C17H15F3OS/c18-17(19,20)16(21)15(22-14-9-5-2-6-10-14)12-11-13-7-3-1-4-8-13/h1-10,15H,11-12H2. The normalized spacial score (nSPS) is 12.9. The van der Waals surface area contributed by atoms with Crippen LogP contribution in [0.3, 0.4) is 0 Å². The molecule has 0 spiro atoms. The fraction of sp³-hybridized carbons (Fsp3) is 0.235. The molecule has 0 aliphatic rings. The molecule has 0 saturated heterocycles. The zero-order chi connectivity index (χ0) is 16.0. The lowest BCUT2D eigenvalue weighted by Crippen LogP contribution is -2.32. The van der Waals surface area contributed by atoms with E-state index in [0.717, 1.165) is 17.3 Å². The van der Waals surface area contributed by atoms with E-state index in [4.69, 9.17) is 0 Å². The van der Waals surface area contributed by atoms with Gasteiger partial charge in [-0.05, 0) is 30.5 Å². The molecule has 5 heteroatoms. The van der Waals surface area contributed by atoms with Gasteiger partial charge in [-0.15, -0.1) is 11.8 Å². The Morgan fingerprint density at radius 2 is 1.50 bits per heavy atom. The number of aryl methyl sites for hydroxylation is 1. The second-order valence-corrected chi connectivity index (χ2v) is 6.08. The summed E-state index contributed by atoms with van der Waals surface area (Å²) in [4.78, 5) is 12.3. The molecule has 0 radical (unpaired) electrons. The van der Waals surface area contributed by atoms with Crippen LogP contribution in [0, 0.1) is 0 Å². The van der Waals surface area contributed by atoms with Crippen LogP contribution in [-0.4, -0.2) is 17.2 Å². The highest BCUT2D eigenvalue weighted by molar-refractivity contribution is 8.00. The van der Waals surface area contributed by atoms with Crippen LogP contribution < -0.4 is 0 Å².